The van der Waals surface area contributed by atoms with E-state index in [2.05, 4.69) is 10.1 Å². The van der Waals surface area contributed by atoms with Crippen LogP contribution >= 0.6 is 0 Å². The summed E-state index contributed by atoms with van der Waals surface area (Å²) in [6.07, 6.45) is 0. The predicted molar refractivity (Wildman–Crippen MR) is 68.4 cm³/mol. The molecule has 1 N–H and O–H groups in total. The fourth-order valence-electron chi connectivity index (χ4n) is 1.21. The lowest BCUT2D eigenvalue weighted by Crippen LogP contribution is -2.33. The van der Waals surface area contributed by atoms with E-state index in [0.29, 0.717) is 0 Å². The fraction of sp³-hybridized carbons (Fsp3) is 0.308. The summed E-state index contributed by atoms with van der Waals surface area (Å²) < 4.78 is 17.6. The third-order valence-electron chi connectivity index (χ3n) is 2.34. The number of nitrogens with one attached hydrogen (secondary N) is 1. The molecule has 20 heavy (non-hydrogen) atoms. The summed E-state index contributed by atoms with van der Waals surface area (Å²) in [6, 6.07) is 5.06. The first-order valence-corrected chi connectivity index (χ1v) is 5.79. The van der Waals surface area contributed by atoms with E-state index in [-0.39, 0.29) is 18.1 Å². The van der Waals surface area contributed by atoms with Crippen LogP contribution in [-0.4, -0.2) is 49.9 Å². The van der Waals surface area contributed by atoms with E-state index in [1.807, 2.05) is 0 Å². The SMILES string of the molecule is CN(C)C(=O)COC(=O)CNC(=O)c1cccc(F)c1. The first-order valence-electron chi connectivity index (χ1n) is 5.79. The third-order valence-corrected chi connectivity index (χ3v) is 2.34. The minimum absolute atomic E-state index is 0.0992. The third kappa shape index (κ3) is 5.05. The van der Waals surface area contributed by atoms with Gasteiger partial charge in [-0.05, 0) is 18.2 Å². The molecule has 0 aliphatic heterocycles. The van der Waals surface area contributed by atoms with Gasteiger partial charge in [-0.2, -0.15) is 0 Å². The predicted octanol–water partition coefficient (Wildman–Crippen LogP) is 0.187. The van der Waals surface area contributed by atoms with Gasteiger partial charge in [-0.25, -0.2) is 4.39 Å². The Balaban J connectivity index is 2.38. The molecule has 0 aromatic heterocycles. The molecule has 1 aromatic rings. The highest BCUT2D eigenvalue weighted by Gasteiger charge is 2.11. The van der Waals surface area contributed by atoms with Gasteiger partial charge >= 0.3 is 5.97 Å². The van der Waals surface area contributed by atoms with Crippen molar-refractivity contribution in [3.63, 3.8) is 0 Å². The molecular weight excluding hydrogens is 267 g/mol. The minimum atomic E-state index is -0.745. The lowest BCUT2D eigenvalue weighted by Gasteiger charge is -2.10. The molecule has 0 aliphatic carbocycles. The molecule has 0 atom stereocenters. The van der Waals surface area contributed by atoms with Gasteiger partial charge in [0.1, 0.15) is 12.4 Å². The molecular formula is C13H15FN2O4. The summed E-state index contributed by atoms with van der Waals surface area (Å²) in [7, 11) is 3.06. The van der Waals surface area contributed by atoms with Crippen molar-refractivity contribution in [2.45, 2.75) is 0 Å². The number of rotatable bonds is 5. The van der Waals surface area contributed by atoms with Crippen LogP contribution in [0.15, 0.2) is 24.3 Å². The average Bonchev–Trinajstić information content (AvgIpc) is 2.41. The van der Waals surface area contributed by atoms with Gasteiger partial charge in [0.25, 0.3) is 11.8 Å². The van der Waals surface area contributed by atoms with Crippen LogP contribution in [0.1, 0.15) is 10.4 Å². The van der Waals surface area contributed by atoms with Crippen molar-refractivity contribution in [1.29, 1.82) is 0 Å². The Morgan fingerprint density at radius 1 is 1.30 bits per heavy atom. The van der Waals surface area contributed by atoms with E-state index in [0.717, 1.165) is 6.07 Å². The smallest absolute Gasteiger partial charge is 0.325 e. The van der Waals surface area contributed by atoms with Crippen LogP contribution in [0, 0.1) is 5.82 Å². The summed E-state index contributed by atoms with van der Waals surface area (Å²) in [6.45, 7) is -0.780. The van der Waals surface area contributed by atoms with Gasteiger partial charge < -0.3 is 15.0 Å². The first-order chi connectivity index (χ1) is 9.40. The average molecular weight is 282 g/mol. The number of carbonyl (C=O) groups is 3. The van der Waals surface area contributed by atoms with E-state index >= 15 is 0 Å². The molecule has 0 bridgehead atoms. The van der Waals surface area contributed by atoms with Crippen molar-refractivity contribution in [2.75, 3.05) is 27.2 Å². The molecule has 1 rings (SSSR count). The zero-order valence-corrected chi connectivity index (χ0v) is 11.2. The van der Waals surface area contributed by atoms with E-state index in [4.69, 9.17) is 0 Å². The second kappa shape index (κ2) is 7.22. The number of likely N-dealkylation sites (N-methyl/N-ethyl adjacent to an activating group) is 1. The molecule has 0 heterocycles. The number of benzene rings is 1. The van der Waals surface area contributed by atoms with Gasteiger partial charge in [0.05, 0.1) is 0 Å². The van der Waals surface area contributed by atoms with Gasteiger partial charge in [-0.1, -0.05) is 6.07 Å². The summed E-state index contributed by atoms with van der Waals surface area (Å²) >= 11 is 0. The summed E-state index contributed by atoms with van der Waals surface area (Å²) in [4.78, 5) is 35.3. The lowest BCUT2D eigenvalue weighted by molar-refractivity contribution is -0.150. The summed E-state index contributed by atoms with van der Waals surface area (Å²) in [5.41, 5.74) is 0.0992. The number of hydrogen-bond acceptors (Lipinski definition) is 4. The Morgan fingerprint density at radius 3 is 2.60 bits per heavy atom. The number of amides is 2. The van der Waals surface area contributed by atoms with Gasteiger partial charge in [0.15, 0.2) is 6.61 Å². The minimum Gasteiger partial charge on any atom is -0.454 e. The Labute approximate surface area is 115 Å². The van der Waals surface area contributed by atoms with Crippen LogP contribution in [0.5, 0.6) is 0 Å². The summed E-state index contributed by atoms with van der Waals surface area (Å²) in [5.74, 6) is -2.25. The molecule has 6 nitrogen and oxygen atoms in total. The highest BCUT2D eigenvalue weighted by molar-refractivity contribution is 5.96. The molecule has 0 saturated carbocycles. The fourth-order valence-corrected chi connectivity index (χ4v) is 1.21. The van der Waals surface area contributed by atoms with Crippen LogP contribution < -0.4 is 5.32 Å². The molecule has 0 aliphatic rings. The van der Waals surface area contributed by atoms with E-state index in [9.17, 15) is 18.8 Å². The highest BCUT2D eigenvalue weighted by atomic mass is 19.1. The van der Waals surface area contributed by atoms with Crippen molar-refractivity contribution in [1.82, 2.24) is 10.2 Å². The van der Waals surface area contributed by atoms with Crippen LogP contribution in [0.3, 0.4) is 0 Å². The number of esters is 1. The highest BCUT2D eigenvalue weighted by Crippen LogP contribution is 2.02. The topological polar surface area (TPSA) is 75.7 Å². The lowest BCUT2D eigenvalue weighted by atomic mass is 10.2. The standard InChI is InChI=1S/C13H15FN2O4/c1-16(2)11(17)8-20-12(18)7-15-13(19)9-4-3-5-10(14)6-9/h3-6H,7-8H2,1-2H3,(H,15,19). The Bertz CT molecular complexity index is 517. The van der Waals surface area contributed by atoms with E-state index in [1.54, 1.807) is 0 Å². The first kappa shape index (κ1) is 15.6. The van der Waals surface area contributed by atoms with Gasteiger partial charge in [-0.15, -0.1) is 0 Å². The molecule has 1 aromatic carbocycles. The monoisotopic (exact) mass is 282 g/mol. The Morgan fingerprint density at radius 2 is 2.00 bits per heavy atom. The number of carbonyl (C=O) groups excluding carboxylic acids is 3. The second-order valence-corrected chi connectivity index (χ2v) is 4.14. The Hall–Kier alpha value is -2.44. The van der Waals surface area contributed by atoms with E-state index in [1.165, 1.54) is 37.2 Å². The second-order valence-electron chi connectivity index (χ2n) is 4.14. The molecule has 0 spiro atoms. The van der Waals surface area contributed by atoms with Gasteiger partial charge in [-0.3, -0.25) is 14.4 Å². The molecule has 2 amide bonds. The van der Waals surface area contributed by atoms with Crippen LogP contribution in [0.25, 0.3) is 0 Å². The number of halogens is 1. The summed E-state index contributed by atoms with van der Waals surface area (Å²) in [5, 5.41) is 2.27. The van der Waals surface area contributed by atoms with Crippen molar-refractivity contribution < 1.29 is 23.5 Å². The maximum Gasteiger partial charge on any atom is 0.325 e. The molecule has 0 radical (unpaired) electrons. The molecule has 0 unspecified atom stereocenters. The molecule has 108 valence electrons. The normalized spacial score (nSPS) is 9.75. The van der Waals surface area contributed by atoms with Crippen LogP contribution in [0.2, 0.25) is 0 Å². The molecule has 0 saturated heterocycles. The van der Waals surface area contributed by atoms with Crippen molar-refractivity contribution in [2.24, 2.45) is 0 Å². The molecule has 0 fully saturated rings. The number of nitrogens with zero attached hydrogens (tertiary/aromatic N) is 1. The number of ether oxygens (including phenoxy) is 1. The van der Waals surface area contributed by atoms with Gasteiger partial charge in [0, 0.05) is 19.7 Å². The van der Waals surface area contributed by atoms with Crippen molar-refractivity contribution in [3.8, 4) is 0 Å². The van der Waals surface area contributed by atoms with Crippen LogP contribution in [0.4, 0.5) is 4.39 Å². The van der Waals surface area contributed by atoms with E-state index < -0.39 is 24.2 Å². The van der Waals surface area contributed by atoms with Crippen molar-refractivity contribution >= 4 is 17.8 Å². The largest absolute Gasteiger partial charge is 0.454 e. The Kier molecular flexibility index (Phi) is 5.64. The zero-order valence-electron chi connectivity index (χ0n) is 11.2. The molecule has 7 heteroatoms. The number of hydrogen-bond donors (Lipinski definition) is 1. The van der Waals surface area contributed by atoms with Crippen molar-refractivity contribution in [3.05, 3.63) is 35.6 Å². The van der Waals surface area contributed by atoms with Crippen LogP contribution in [-0.2, 0) is 14.3 Å². The quantitative estimate of drug-likeness (QED) is 0.782. The van der Waals surface area contributed by atoms with Gasteiger partial charge in [0.2, 0.25) is 0 Å². The maximum atomic E-state index is 12.9. The maximum absolute atomic E-state index is 12.9. The zero-order chi connectivity index (χ0) is 15.1.